The van der Waals surface area contributed by atoms with Crippen molar-refractivity contribution in [2.24, 2.45) is 0 Å². The summed E-state index contributed by atoms with van der Waals surface area (Å²) in [5.41, 5.74) is 3.77. The van der Waals surface area contributed by atoms with Gasteiger partial charge in [-0.05, 0) is 29.8 Å². The van der Waals surface area contributed by atoms with Crippen LogP contribution in [0, 0.1) is 0 Å². The maximum atomic E-state index is 13.3. The van der Waals surface area contributed by atoms with Crippen LogP contribution in [0.15, 0.2) is 42.6 Å². The predicted molar refractivity (Wildman–Crippen MR) is 73.5 cm³/mol. The zero-order valence-corrected chi connectivity index (χ0v) is 11.4. The Balaban J connectivity index is 1.92. The number of anilines is 1. The number of pyridine rings is 1. The van der Waals surface area contributed by atoms with E-state index >= 15 is 0 Å². The molecule has 2 heterocycles. The first-order valence-electron chi connectivity index (χ1n) is 6.62. The van der Waals surface area contributed by atoms with E-state index in [1.807, 2.05) is 0 Å². The number of nitrogens with two attached hydrogens (primary N) is 1. The SMILES string of the molecule is Nc1cccnc1Oc1cccc(C2(C(F)(F)F)CCO2)c1. The average Bonchev–Trinajstić information content (AvgIpc) is 2.39. The van der Waals surface area contributed by atoms with Crippen molar-refractivity contribution < 1.29 is 22.6 Å². The average molecular weight is 310 g/mol. The molecule has 1 fully saturated rings. The van der Waals surface area contributed by atoms with Gasteiger partial charge in [-0.15, -0.1) is 0 Å². The second kappa shape index (κ2) is 5.17. The van der Waals surface area contributed by atoms with Gasteiger partial charge in [0.15, 0.2) is 5.60 Å². The summed E-state index contributed by atoms with van der Waals surface area (Å²) in [7, 11) is 0. The molecule has 0 radical (unpaired) electrons. The summed E-state index contributed by atoms with van der Waals surface area (Å²) in [4.78, 5) is 3.95. The van der Waals surface area contributed by atoms with Crippen LogP contribution in [0.1, 0.15) is 12.0 Å². The van der Waals surface area contributed by atoms with Gasteiger partial charge in [0.05, 0.1) is 12.3 Å². The first-order valence-corrected chi connectivity index (χ1v) is 6.62. The van der Waals surface area contributed by atoms with E-state index in [4.69, 9.17) is 15.2 Å². The van der Waals surface area contributed by atoms with E-state index in [1.165, 1.54) is 24.4 Å². The Kier molecular flexibility index (Phi) is 3.44. The van der Waals surface area contributed by atoms with E-state index in [9.17, 15) is 13.2 Å². The van der Waals surface area contributed by atoms with Crippen LogP contribution in [0.3, 0.4) is 0 Å². The molecule has 1 aromatic heterocycles. The number of rotatable bonds is 3. The van der Waals surface area contributed by atoms with Crippen molar-refractivity contribution in [2.75, 3.05) is 12.3 Å². The first kappa shape index (κ1) is 14.6. The summed E-state index contributed by atoms with van der Waals surface area (Å²) >= 11 is 0. The van der Waals surface area contributed by atoms with Crippen molar-refractivity contribution in [3.8, 4) is 11.6 Å². The Hall–Kier alpha value is -2.28. The smallest absolute Gasteiger partial charge is 0.421 e. The maximum Gasteiger partial charge on any atom is 0.421 e. The van der Waals surface area contributed by atoms with E-state index in [2.05, 4.69) is 4.98 Å². The molecule has 2 N–H and O–H groups in total. The Labute approximate surface area is 124 Å². The third-order valence-electron chi connectivity index (χ3n) is 3.58. The van der Waals surface area contributed by atoms with E-state index in [0.29, 0.717) is 5.69 Å². The largest absolute Gasteiger partial charge is 0.437 e. The van der Waals surface area contributed by atoms with Crippen molar-refractivity contribution >= 4 is 5.69 Å². The highest BCUT2D eigenvalue weighted by atomic mass is 19.4. The van der Waals surface area contributed by atoms with Crippen LogP contribution in [0.25, 0.3) is 0 Å². The second-order valence-electron chi connectivity index (χ2n) is 4.95. The standard InChI is InChI=1S/C15H13F3N2O2/c16-15(17,18)14(6-8-21-14)10-3-1-4-11(9-10)22-13-12(19)5-2-7-20-13/h1-5,7,9H,6,8,19H2. The molecule has 1 saturated heterocycles. The molecule has 0 spiro atoms. The lowest BCUT2D eigenvalue weighted by atomic mass is 9.85. The molecule has 1 aliphatic rings. The molecule has 0 amide bonds. The normalized spacial score (nSPS) is 21.2. The third kappa shape index (κ3) is 2.37. The van der Waals surface area contributed by atoms with Gasteiger partial charge in [0.25, 0.3) is 0 Å². The Morgan fingerprint density at radius 1 is 1.23 bits per heavy atom. The molecule has 0 saturated carbocycles. The summed E-state index contributed by atoms with van der Waals surface area (Å²) in [5, 5.41) is 0. The van der Waals surface area contributed by atoms with Crippen LogP contribution < -0.4 is 10.5 Å². The fourth-order valence-corrected chi connectivity index (χ4v) is 2.33. The number of aromatic nitrogens is 1. The van der Waals surface area contributed by atoms with Crippen molar-refractivity contribution in [3.05, 3.63) is 48.2 Å². The Morgan fingerprint density at radius 2 is 2.00 bits per heavy atom. The molecule has 3 rings (SSSR count). The lowest BCUT2D eigenvalue weighted by Gasteiger charge is -2.43. The number of ether oxygens (including phenoxy) is 2. The summed E-state index contributed by atoms with van der Waals surface area (Å²) in [6, 6.07) is 8.94. The van der Waals surface area contributed by atoms with E-state index in [1.54, 1.807) is 18.2 Å². The highest BCUT2D eigenvalue weighted by Crippen LogP contribution is 2.50. The maximum absolute atomic E-state index is 13.3. The lowest BCUT2D eigenvalue weighted by Crippen LogP contribution is -2.52. The van der Waals surface area contributed by atoms with E-state index < -0.39 is 11.8 Å². The highest BCUT2D eigenvalue weighted by Gasteiger charge is 2.61. The quantitative estimate of drug-likeness (QED) is 0.940. The molecule has 4 nitrogen and oxygen atoms in total. The van der Waals surface area contributed by atoms with Crippen molar-refractivity contribution in [1.29, 1.82) is 0 Å². The van der Waals surface area contributed by atoms with Crippen LogP contribution in [0.4, 0.5) is 18.9 Å². The van der Waals surface area contributed by atoms with Crippen molar-refractivity contribution in [1.82, 2.24) is 4.98 Å². The number of alkyl halides is 3. The van der Waals surface area contributed by atoms with Gasteiger partial charge >= 0.3 is 6.18 Å². The van der Waals surface area contributed by atoms with Crippen molar-refractivity contribution in [2.45, 2.75) is 18.2 Å². The zero-order chi connectivity index (χ0) is 15.8. The van der Waals surface area contributed by atoms with Gasteiger partial charge in [0.2, 0.25) is 5.88 Å². The van der Waals surface area contributed by atoms with Gasteiger partial charge < -0.3 is 15.2 Å². The lowest BCUT2D eigenvalue weighted by molar-refractivity contribution is -0.333. The van der Waals surface area contributed by atoms with Gasteiger partial charge in [-0.2, -0.15) is 13.2 Å². The van der Waals surface area contributed by atoms with Gasteiger partial charge in [-0.25, -0.2) is 4.98 Å². The molecule has 0 bridgehead atoms. The summed E-state index contributed by atoms with van der Waals surface area (Å²) in [5.74, 6) is 0.372. The Bertz CT molecular complexity index is 684. The minimum absolute atomic E-state index is 0.0123. The number of nitrogens with zero attached hydrogens (tertiary/aromatic N) is 1. The fraction of sp³-hybridized carbons (Fsp3) is 0.267. The number of hydrogen-bond acceptors (Lipinski definition) is 4. The summed E-state index contributed by atoms with van der Waals surface area (Å²) in [6.45, 7) is 0.0811. The molecule has 2 aromatic rings. The molecule has 116 valence electrons. The van der Waals surface area contributed by atoms with E-state index in [0.717, 1.165) is 0 Å². The Morgan fingerprint density at radius 3 is 2.59 bits per heavy atom. The molecule has 1 atom stereocenters. The fourth-order valence-electron chi connectivity index (χ4n) is 2.33. The molecular formula is C15H13F3N2O2. The zero-order valence-electron chi connectivity index (χ0n) is 11.4. The van der Waals surface area contributed by atoms with Crippen LogP contribution in [0.2, 0.25) is 0 Å². The number of benzene rings is 1. The third-order valence-corrected chi connectivity index (χ3v) is 3.58. The highest BCUT2D eigenvalue weighted by molar-refractivity contribution is 5.49. The van der Waals surface area contributed by atoms with Gasteiger partial charge in [-0.1, -0.05) is 12.1 Å². The molecule has 1 aliphatic heterocycles. The van der Waals surface area contributed by atoms with Crippen LogP contribution in [-0.4, -0.2) is 17.8 Å². The topological polar surface area (TPSA) is 57.4 Å². The molecule has 1 unspecified atom stereocenters. The number of nitrogen functional groups attached to an aromatic ring is 1. The van der Waals surface area contributed by atoms with Crippen LogP contribution in [-0.2, 0) is 10.3 Å². The monoisotopic (exact) mass is 310 g/mol. The van der Waals surface area contributed by atoms with Crippen molar-refractivity contribution in [3.63, 3.8) is 0 Å². The van der Waals surface area contributed by atoms with Crippen LogP contribution >= 0.6 is 0 Å². The second-order valence-corrected chi connectivity index (χ2v) is 4.95. The van der Waals surface area contributed by atoms with Gasteiger partial charge in [0, 0.05) is 12.6 Å². The van der Waals surface area contributed by atoms with Gasteiger partial charge in [0.1, 0.15) is 5.75 Å². The molecule has 22 heavy (non-hydrogen) atoms. The van der Waals surface area contributed by atoms with E-state index in [-0.39, 0.29) is 30.2 Å². The first-order chi connectivity index (χ1) is 10.4. The number of hydrogen-bond donors (Lipinski definition) is 1. The minimum Gasteiger partial charge on any atom is -0.437 e. The molecule has 7 heteroatoms. The molecule has 0 aliphatic carbocycles. The predicted octanol–water partition coefficient (Wildman–Crippen LogP) is 3.63. The molecule has 1 aromatic carbocycles. The van der Waals surface area contributed by atoms with Gasteiger partial charge in [-0.3, -0.25) is 0 Å². The van der Waals surface area contributed by atoms with Crippen LogP contribution in [0.5, 0.6) is 11.6 Å². The minimum atomic E-state index is -4.48. The molecular weight excluding hydrogens is 297 g/mol. The summed E-state index contributed by atoms with van der Waals surface area (Å²) < 4.78 is 50.1. The summed E-state index contributed by atoms with van der Waals surface area (Å²) in [6.07, 6.45) is -3.10. The number of halogens is 3.